The maximum Gasteiger partial charge on any atom is 0.308 e. The molecule has 1 heterocycles. The SMILES string of the molecule is CCCC(COC(=O)C1CCCCC1)C1CO1. The van der Waals surface area contributed by atoms with E-state index in [1.807, 2.05) is 0 Å². The Bertz CT molecular complexity index is 242. The van der Waals surface area contributed by atoms with Crippen molar-refractivity contribution in [2.45, 2.75) is 58.0 Å². The number of esters is 1. The van der Waals surface area contributed by atoms with Gasteiger partial charge in [0.15, 0.2) is 0 Å². The molecule has 1 saturated carbocycles. The van der Waals surface area contributed by atoms with Gasteiger partial charge in [-0.2, -0.15) is 0 Å². The fourth-order valence-corrected chi connectivity index (χ4v) is 2.72. The summed E-state index contributed by atoms with van der Waals surface area (Å²) >= 11 is 0. The molecule has 3 heteroatoms. The molecule has 0 bridgehead atoms. The molecule has 1 saturated heterocycles. The van der Waals surface area contributed by atoms with Crippen LogP contribution in [0.3, 0.4) is 0 Å². The standard InChI is InChI=1S/C14H24O3/c1-2-6-12(13-10-16-13)9-17-14(15)11-7-4-3-5-8-11/h11-13H,2-10H2,1H3. The minimum absolute atomic E-state index is 0.0338. The van der Waals surface area contributed by atoms with Crippen molar-refractivity contribution in [3.63, 3.8) is 0 Å². The van der Waals surface area contributed by atoms with E-state index in [0.29, 0.717) is 18.6 Å². The molecular weight excluding hydrogens is 216 g/mol. The molecule has 98 valence electrons. The lowest BCUT2D eigenvalue weighted by Crippen LogP contribution is -2.24. The molecule has 0 radical (unpaired) electrons. The molecule has 2 fully saturated rings. The topological polar surface area (TPSA) is 38.8 Å². The molecular formula is C14H24O3. The third kappa shape index (κ3) is 3.98. The van der Waals surface area contributed by atoms with E-state index >= 15 is 0 Å². The van der Waals surface area contributed by atoms with Crippen LogP contribution in [0.25, 0.3) is 0 Å². The molecule has 0 spiro atoms. The fourth-order valence-electron chi connectivity index (χ4n) is 2.72. The van der Waals surface area contributed by atoms with Crippen molar-refractivity contribution in [3.05, 3.63) is 0 Å². The molecule has 0 aromatic rings. The maximum absolute atomic E-state index is 11.9. The summed E-state index contributed by atoms with van der Waals surface area (Å²) in [6, 6.07) is 0. The Morgan fingerprint density at radius 3 is 2.65 bits per heavy atom. The predicted octanol–water partition coefficient (Wildman–Crippen LogP) is 2.93. The second kappa shape index (κ2) is 6.39. The Morgan fingerprint density at radius 2 is 2.06 bits per heavy atom. The molecule has 1 aliphatic carbocycles. The number of ether oxygens (including phenoxy) is 2. The zero-order valence-electron chi connectivity index (χ0n) is 10.8. The van der Waals surface area contributed by atoms with Gasteiger partial charge in [0, 0.05) is 5.92 Å². The summed E-state index contributed by atoms with van der Waals surface area (Å²) in [6.07, 6.45) is 8.28. The fraction of sp³-hybridized carbons (Fsp3) is 0.929. The van der Waals surface area contributed by atoms with E-state index in [0.717, 1.165) is 32.3 Å². The van der Waals surface area contributed by atoms with Gasteiger partial charge in [0.2, 0.25) is 0 Å². The molecule has 0 aromatic carbocycles. The van der Waals surface area contributed by atoms with Gasteiger partial charge in [-0.1, -0.05) is 32.6 Å². The summed E-state index contributed by atoms with van der Waals surface area (Å²) in [5.74, 6) is 0.630. The van der Waals surface area contributed by atoms with Crippen LogP contribution in [0.5, 0.6) is 0 Å². The predicted molar refractivity (Wildman–Crippen MR) is 65.7 cm³/mol. The van der Waals surface area contributed by atoms with E-state index in [9.17, 15) is 4.79 Å². The number of carbonyl (C=O) groups is 1. The van der Waals surface area contributed by atoms with Crippen molar-refractivity contribution in [1.29, 1.82) is 0 Å². The van der Waals surface area contributed by atoms with Gasteiger partial charge < -0.3 is 9.47 Å². The molecule has 2 rings (SSSR count). The first-order chi connectivity index (χ1) is 8.31. The first kappa shape index (κ1) is 12.9. The summed E-state index contributed by atoms with van der Waals surface area (Å²) < 4.78 is 10.8. The van der Waals surface area contributed by atoms with Crippen molar-refractivity contribution < 1.29 is 14.3 Å². The number of hydrogen-bond acceptors (Lipinski definition) is 3. The van der Waals surface area contributed by atoms with Crippen molar-refractivity contribution in [2.75, 3.05) is 13.2 Å². The Balaban J connectivity index is 1.69. The van der Waals surface area contributed by atoms with Crippen LogP contribution < -0.4 is 0 Å². The van der Waals surface area contributed by atoms with Crippen molar-refractivity contribution in [1.82, 2.24) is 0 Å². The molecule has 17 heavy (non-hydrogen) atoms. The highest BCUT2D eigenvalue weighted by molar-refractivity contribution is 5.72. The van der Waals surface area contributed by atoms with Crippen LogP contribution in [0, 0.1) is 11.8 Å². The Morgan fingerprint density at radius 1 is 1.35 bits per heavy atom. The molecule has 1 aliphatic heterocycles. The van der Waals surface area contributed by atoms with E-state index in [2.05, 4.69) is 6.92 Å². The lowest BCUT2D eigenvalue weighted by atomic mass is 9.89. The molecule has 2 aliphatic rings. The molecule has 2 unspecified atom stereocenters. The number of hydrogen-bond donors (Lipinski definition) is 0. The second-order valence-corrected chi connectivity index (χ2v) is 5.39. The highest BCUT2D eigenvalue weighted by Gasteiger charge is 2.33. The summed E-state index contributed by atoms with van der Waals surface area (Å²) in [5, 5.41) is 0. The maximum atomic E-state index is 11.9. The minimum atomic E-state index is 0.0338. The van der Waals surface area contributed by atoms with Gasteiger partial charge in [0.1, 0.15) is 0 Å². The highest BCUT2D eigenvalue weighted by atomic mass is 16.6. The Hall–Kier alpha value is -0.570. The van der Waals surface area contributed by atoms with Crippen LogP contribution in [0.2, 0.25) is 0 Å². The smallest absolute Gasteiger partial charge is 0.308 e. The Kier molecular flexibility index (Phi) is 4.84. The molecule has 3 nitrogen and oxygen atoms in total. The van der Waals surface area contributed by atoms with Gasteiger partial charge in [-0.3, -0.25) is 4.79 Å². The van der Waals surface area contributed by atoms with Gasteiger partial charge in [-0.05, 0) is 19.3 Å². The monoisotopic (exact) mass is 240 g/mol. The lowest BCUT2D eigenvalue weighted by molar-refractivity contribution is -0.151. The zero-order valence-corrected chi connectivity index (χ0v) is 10.8. The largest absolute Gasteiger partial charge is 0.465 e. The van der Waals surface area contributed by atoms with Crippen LogP contribution >= 0.6 is 0 Å². The molecule has 0 N–H and O–H groups in total. The van der Waals surface area contributed by atoms with Crippen LogP contribution in [-0.2, 0) is 14.3 Å². The number of carbonyl (C=O) groups excluding carboxylic acids is 1. The lowest BCUT2D eigenvalue weighted by Gasteiger charge is -2.21. The Labute approximate surface area is 104 Å². The van der Waals surface area contributed by atoms with Gasteiger partial charge in [-0.15, -0.1) is 0 Å². The van der Waals surface area contributed by atoms with Crippen molar-refractivity contribution in [3.8, 4) is 0 Å². The quantitative estimate of drug-likeness (QED) is 0.529. The van der Waals surface area contributed by atoms with Gasteiger partial charge in [0.05, 0.1) is 25.2 Å². The van der Waals surface area contributed by atoms with Crippen LogP contribution in [0.1, 0.15) is 51.9 Å². The highest BCUT2D eigenvalue weighted by Crippen LogP contribution is 2.27. The van der Waals surface area contributed by atoms with Crippen LogP contribution in [0.15, 0.2) is 0 Å². The normalized spacial score (nSPS) is 26.5. The first-order valence-electron chi connectivity index (χ1n) is 7.09. The molecule has 0 aromatic heterocycles. The average Bonchev–Trinajstić information content (AvgIpc) is 3.19. The van der Waals surface area contributed by atoms with Gasteiger partial charge >= 0.3 is 5.97 Å². The summed E-state index contributed by atoms with van der Waals surface area (Å²) in [4.78, 5) is 11.9. The third-order valence-electron chi connectivity index (χ3n) is 3.92. The van der Waals surface area contributed by atoms with E-state index in [1.165, 1.54) is 19.3 Å². The summed E-state index contributed by atoms with van der Waals surface area (Å²) in [5.41, 5.74) is 0. The summed E-state index contributed by atoms with van der Waals surface area (Å²) in [6.45, 7) is 3.58. The van der Waals surface area contributed by atoms with Crippen molar-refractivity contribution in [2.24, 2.45) is 11.8 Å². The second-order valence-electron chi connectivity index (χ2n) is 5.39. The number of rotatable bonds is 6. The van der Waals surface area contributed by atoms with E-state index in [4.69, 9.17) is 9.47 Å². The first-order valence-corrected chi connectivity index (χ1v) is 7.09. The number of epoxide rings is 1. The van der Waals surface area contributed by atoms with E-state index in [1.54, 1.807) is 0 Å². The third-order valence-corrected chi connectivity index (χ3v) is 3.92. The van der Waals surface area contributed by atoms with Gasteiger partial charge in [0.25, 0.3) is 0 Å². The van der Waals surface area contributed by atoms with Crippen LogP contribution in [0.4, 0.5) is 0 Å². The summed E-state index contributed by atoms with van der Waals surface area (Å²) in [7, 11) is 0. The van der Waals surface area contributed by atoms with Crippen LogP contribution in [-0.4, -0.2) is 25.3 Å². The van der Waals surface area contributed by atoms with Gasteiger partial charge in [-0.25, -0.2) is 0 Å². The zero-order chi connectivity index (χ0) is 12.1. The van der Waals surface area contributed by atoms with Crippen molar-refractivity contribution >= 4 is 5.97 Å². The van der Waals surface area contributed by atoms with E-state index in [-0.39, 0.29) is 11.9 Å². The average molecular weight is 240 g/mol. The molecule has 2 atom stereocenters. The van der Waals surface area contributed by atoms with E-state index < -0.39 is 0 Å². The minimum Gasteiger partial charge on any atom is -0.465 e. The molecule has 0 amide bonds.